The van der Waals surface area contributed by atoms with E-state index in [4.69, 9.17) is 0 Å². The van der Waals surface area contributed by atoms with Crippen molar-refractivity contribution in [1.82, 2.24) is 0 Å². The summed E-state index contributed by atoms with van der Waals surface area (Å²) in [5.74, 6) is -0.185. The molecule has 1 aliphatic rings. The minimum atomic E-state index is -0.185. The minimum absolute atomic E-state index is 0.185. The van der Waals surface area contributed by atoms with Crippen LogP contribution in [0, 0.1) is 5.82 Å². The van der Waals surface area contributed by atoms with Gasteiger partial charge in [-0.05, 0) is 61.2 Å². The molecule has 0 atom stereocenters. The van der Waals surface area contributed by atoms with Crippen LogP contribution < -0.4 is 10.2 Å². The number of rotatable bonds is 4. The van der Waals surface area contributed by atoms with Crippen LogP contribution in [0.2, 0.25) is 0 Å². The lowest BCUT2D eigenvalue weighted by Gasteiger charge is -2.28. The summed E-state index contributed by atoms with van der Waals surface area (Å²) in [7, 11) is 0. The Labute approximate surface area is 125 Å². The number of piperidine rings is 1. The Kier molecular flexibility index (Phi) is 4.39. The number of halogens is 1. The first-order valence-corrected chi connectivity index (χ1v) is 7.64. The fourth-order valence-electron chi connectivity index (χ4n) is 2.79. The van der Waals surface area contributed by atoms with Gasteiger partial charge in [-0.25, -0.2) is 4.39 Å². The van der Waals surface area contributed by atoms with Crippen molar-refractivity contribution in [1.29, 1.82) is 0 Å². The van der Waals surface area contributed by atoms with Gasteiger partial charge in [-0.2, -0.15) is 0 Å². The van der Waals surface area contributed by atoms with Crippen molar-refractivity contribution in [2.24, 2.45) is 0 Å². The number of benzene rings is 2. The summed E-state index contributed by atoms with van der Waals surface area (Å²) in [5, 5.41) is 3.33. The zero-order chi connectivity index (χ0) is 14.5. The van der Waals surface area contributed by atoms with Crippen LogP contribution in [-0.4, -0.2) is 13.1 Å². The Morgan fingerprint density at radius 1 is 0.952 bits per heavy atom. The van der Waals surface area contributed by atoms with E-state index in [2.05, 4.69) is 34.5 Å². The summed E-state index contributed by atoms with van der Waals surface area (Å²) in [4.78, 5) is 2.44. The second kappa shape index (κ2) is 6.61. The lowest BCUT2D eigenvalue weighted by molar-refractivity contribution is 0.578. The van der Waals surface area contributed by atoms with Crippen LogP contribution in [0.3, 0.4) is 0 Å². The summed E-state index contributed by atoms with van der Waals surface area (Å²) in [6.45, 7) is 2.97. The average Bonchev–Trinajstić information content (AvgIpc) is 2.54. The zero-order valence-corrected chi connectivity index (χ0v) is 12.2. The van der Waals surface area contributed by atoms with Crippen molar-refractivity contribution >= 4 is 11.4 Å². The summed E-state index contributed by atoms with van der Waals surface area (Å²) in [6.07, 6.45) is 3.93. The molecule has 1 heterocycles. The van der Waals surface area contributed by atoms with E-state index in [1.54, 1.807) is 12.1 Å². The van der Waals surface area contributed by atoms with E-state index in [0.29, 0.717) is 6.54 Å². The predicted octanol–water partition coefficient (Wildman–Crippen LogP) is 4.43. The molecule has 0 unspecified atom stereocenters. The summed E-state index contributed by atoms with van der Waals surface area (Å²) in [6, 6.07) is 15.2. The van der Waals surface area contributed by atoms with Gasteiger partial charge in [0.2, 0.25) is 0 Å². The maximum absolute atomic E-state index is 13.1. The van der Waals surface area contributed by atoms with Crippen LogP contribution in [0.25, 0.3) is 0 Å². The van der Waals surface area contributed by atoms with E-state index in [1.807, 2.05) is 6.07 Å². The number of nitrogens with one attached hydrogen (secondary N) is 1. The van der Waals surface area contributed by atoms with Crippen molar-refractivity contribution in [2.45, 2.75) is 25.8 Å². The second-order valence-corrected chi connectivity index (χ2v) is 5.58. The first kappa shape index (κ1) is 13.9. The maximum atomic E-state index is 13.1. The molecule has 1 N–H and O–H groups in total. The quantitative estimate of drug-likeness (QED) is 0.893. The molecule has 0 saturated carbocycles. The van der Waals surface area contributed by atoms with Gasteiger partial charge in [0.15, 0.2) is 0 Å². The highest BCUT2D eigenvalue weighted by atomic mass is 19.1. The molecule has 2 aromatic carbocycles. The van der Waals surface area contributed by atoms with Crippen LogP contribution >= 0.6 is 0 Å². The van der Waals surface area contributed by atoms with Gasteiger partial charge in [0.1, 0.15) is 5.82 Å². The SMILES string of the molecule is Fc1cccc(CNc2ccc(N3CCCCC3)cc2)c1. The third-order valence-corrected chi connectivity index (χ3v) is 3.97. The van der Waals surface area contributed by atoms with E-state index in [0.717, 1.165) is 24.3 Å². The maximum Gasteiger partial charge on any atom is 0.123 e. The molecule has 3 rings (SSSR count). The Morgan fingerprint density at radius 2 is 1.71 bits per heavy atom. The fraction of sp³-hybridized carbons (Fsp3) is 0.333. The van der Waals surface area contributed by atoms with Crippen molar-refractivity contribution in [3.8, 4) is 0 Å². The van der Waals surface area contributed by atoms with Crippen LogP contribution in [0.15, 0.2) is 48.5 Å². The van der Waals surface area contributed by atoms with Crippen LogP contribution in [0.1, 0.15) is 24.8 Å². The smallest absolute Gasteiger partial charge is 0.123 e. The molecule has 1 aliphatic heterocycles. The molecule has 1 saturated heterocycles. The van der Waals surface area contributed by atoms with Gasteiger partial charge in [0.05, 0.1) is 0 Å². The van der Waals surface area contributed by atoms with Crippen LogP contribution in [0.5, 0.6) is 0 Å². The van der Waals surface area contributed by atoms with E-state index >= 15 is 0 Å². The Balaban J connectivity index is 1.59. The molecule has 0 bridgehead atoms. The van der Waals surface area contributed by atoms with Crippen molar-refractivity contribution < 1.29 is 4.39 Å². The van der Waals surface area contributed by atoms with E-state index in [1.165, 1.54) is 31.0 Å². The number of nitrogens with zero attached hydrogens (tertiary/aromatic N) is 1. The molecular weight excluding hydrogens is 263 g/mol. The molecule has 2 aromatic rings. The van der Waals surface area contributed by atoms with Gasteiger partial charge < -0.3 is 10.2 Å². The van der Waals surface area contributed by atoms with Gasteiger partial charge in [-0.15, -0.1) is 0 Å². The molecule has 3 heteroatoms. The van der Waals surface area contributed by atoms with Gasteiger partial charge >= 0.3 is 0 Å². The molecule has 1 fully saturated rings. The third-order valence-electron chi connectivity index (χ3n) is 3.97. The third kappa shape index (κ3) is 3.75. The van der Waals surface area contributed by atoms with Gasteiger partial charge in [0, 0.05) is 31.0 Å². The minimum Gasteiger partial charge on any atom is -0.381 e. The highest BCUT2D eigenvalue weighted by molar-refractivity contribution is 5.55. The molecule has 21 heavy (non-hydrogen) atoms. The normalized spacial score (nSPS) is 15.0. The Morgan fingerprint density at radius 3 is 2.43 bits per heavy atom. The van der Waals surface area contributed by atoms with Gasteiger partial charge in [-0.3, -0.25) is 0 Å². The second-order valence-electron chi connectivity index (χ2n) is 5.58. The van der Waals surface area contributed by atoms with Gasteiger partial charge in [-0.1, -0.05) is 12.1 Å². The van der Waals surface area contributed by atoms with E-state index in [9.17, 15) is 4.39 Å². The van der Waals surface area contributed by atoms with Crippen LogP contribution in [-0.2, 0) is 6.54 Å². The standard InChI is InChI=1S/C18H21FN2/c19-16-6-4-5-15(13-16)14-20-17-7-9-18(10-8-17)21-11-2-1-3-12-21/h4-10,13,20H,1-3,11-12,14H2. The van der Waals surface area contributed by atoms with Crippen LogP contribution in [0.4, 0.5) is 15.8 Å². The number of hydrogen-bond acceptors (Lipinski definition) is 2. The first-order chi connectivity index (χ1) is 10.3. The lowest BCUT2D eigenvalue weighted by atomic mass is 10.1. The van der Waals surface area contributed by atoms with E-state index < -0.39 is 0 Å². The van der Waals surface area contributed by atoms with Crippen molar-refractivity contribution in [3.05, 3.63) is 59.9 Å². The lowest BCUT2D eigenvalue weighted by Crippen LogP contribution is -2.29. The molecule has 2 nitrogen and oxygen atoms in total. The van der Waals surface area contributed by atoms with Crippen molar-refractivity contribution in [3.63, 3.8) is 0 Å². The first-order valence-electron chi connectivity index (χ1n) is 7.64. The van der Waals surface area contributed by atoms with Gasteiger partial charge in [0.25, 0.3) is 0 Å². The van der Waals surface area contributed by atoms with E-state index in [-0.39, 0.29) is 5.82 Å². The fourth-order valence-corrected chi connectivity index (χ4v) is 2.79. The molecule has 0 aromatic heterocycles. The summed E-state index contributed by atoms with van der Waals surface area (Å²) >= 11 is 0. The predicted molar refractivity (Wildman–Crippen MR) is 86.2 cm³/mol. The number of anilines is 2. The molecule has 110 valence electrons. The Hall–Kier alpha value is -2.03. The number of hydrogen-bond donors (Lipinski definition) is 1. The summed E-state index contributed by atoms with van der Waals surface area (Å²) < 4.78 is 13.1. The summed E-state index contributed by atoms with van der Waals surface area (Å²) in [5.41, 5.74) is 3.32. The topological polar surface area (TPSA) is 15.3 Å². The Bertz CT molecular complexity index is 574. The zero-order valence-electron chi connectivity index (χ0n) is 12.2. The molecule has 0 spiro atoms. The molecule has 0 radical (unpaired) electrons. The molecular formula is C18H21FN2. The van der Waals surface area contributed by atoms with Crippen molar-refractivity contribution in [2.75, 3.05) is 23.3 Å². The highest BCUT2D eigenvalue weighted by Crippen LogP contribution is 2.22. The highest BCUT2D eigenvalue weighted by Gasteiger charge is 2.10. The monoisotopic (exact) mass is 284 g/mol. The molecule has 0 aliphatic carbocycles. The molecule has 0 amide bonds. The largest absolute Gasteiger partial charge is 0.381 e. The average molecular weight is 284 g/mol.